The molecule has 0 unspecified atom stereocenters. The number of carbonyl (C=O) groups is 1. The first-order chi connectivity index (χ1) is 10.7. The summed E-state index contributed by atoms with van der Waals surface area (Å²) in [5.74, 6) is -0.300. The third kappa shape index (κ3) is 3.19. The van der Waals surface area contributed by atoms with Crippen molar-refractivity contribution in [3.8, 4) is 0 Å². The summed E-state index contributed by atoms with van der Waals surface area (Å²) in [4.78, 5) is 11.8. The average molecular weight is 293 g/mol. The second kappa shape index (κ2) is 6.48. The number of anilines is 1. The van der Waals surface area contributed by atoms with Crippen molar-refractivity contribution in [1.82, 2.24) is 0 Å². The molecule has 22 heavy (non-hydrogen) atoms. The normalized spacial score (nSPS) is 20.7. The summed E-state index contributed by atoms with van der Waals surface area (Å²) in [5, 5.41) is 3.36. The van der Waals surface area contributed by atoms with E-state index in [1.165, 1.54) is 5.56 Å². The highest BCUT2D eigenvalue weighted by Gasteiger charge is 2.38. The number of cyclic esters (lactones) is 1. The highest BCUT2D eigenvalue weighted by molar-refractivity contribution is 5.92. The molecule has 1 aliphatic rings. The number of esters is 1. The van der Waals surface area contributed by atoms with E-state index in [9.17, 15) is 4.79 Å². The van der Waals surface area contributed by atoms with Crippen LogP contribution in [0.4, 0.5) is 5.69 Å². The Bertz CT molecular complexity index is 652. The van der Waals surface area contributed by atoms with Gasteiger partial charge in [0, 0.05) is 5.69 Å². The van der Waals surface area contributed by atoms with E-state index in [1.54, 1.807) is 0 Å². The summed E-state index contributed by atoms with van der Waals surface area (Å²) in [7, 11) is 0. The van der Waals surface area contributed by atoms with Gasteiger partial charge in [-0.2, -0.15) is 0 Å². The molecule has 0 amide bonds. The van der Waals surface area contributed by atoms with Crippen molar-refractivity contribution in [3.63, 3.8) is 0 Å². The second-order valence-electron chi connectivity index (χ2n) is 5.48. The zero-order valence-corrected chi connectivity index (χ0v) is 12.4. The zero-order chi connectivity index (χ0) is 15.4. The fraction of sp³-hybridized carbons (Fsp3) is 0.211. The van der Waals surface area contributed by atoms with Crippen LogP contribution in [0.25, 0.3) is 0 Å². The van der Waals surface area contributed by atoms with Gasteiger partial charge in [0.2, 0.25) is 0 Å². The van der Waals surface area contributed by atoms with Crippen LogP contribution in [-0.2, 0) is 16.0 Å². The Morgan fingerprint density at radius 1 is 1.00 bits per heavy atom. The van der Waals surface area contributed by atoms with Gasteiger partial charge in [-0.05, 0) is 30.5 Å². The SMILES string of the molecule is C=C1C(=O)O[C@H](CCc2ccccc2)[C@@H]1Nc1ccccc1. The number of hydrogen-bond acceptors (Lipinski definition) is 3. The van der Waals surface area contributed by atoms with Gasteiger partial charge in [0.05, 0.1) is 11.6 Å². The van der Waals surface area contributed by atoms with Crippen LogP contribution in [0.3, 0.4) is 0 Å². The highest BCUT2D eigenvalue weighted by atomic mass is 16.6. The van der Waals surface area contributed by atoms with Crippen molar-refractivity contribution >= 4 is 11.7 Å². The van der Waals surface area contributed by atoms with E-state index in [2.05, 4.69) is 24.0 Å². The molecule has 1 N–H and O–H groups in total. The molecule has 0 bridgehead atoms. The third-order valence-electron chi connectivity index (χ3n) is 3.92. The molecule has 0 saturated carbocycles. The molecule has 3 heteroatoms. The Labute approximate surface area is 130 Å². The Kier molecular flexibility index (Phi) is 4.24. The number of para-hydroxylation sites is 1. The number of aryl methyl sites for hydroxylation is 1. The van der Waals surface area contributed by atoms with E-state index >= 15 is 0 Å². The molecule has 1 saturated heterocycles. The van der Waals surface area contributed by atoms with Gasteiger partial charge in [-0.1, -0.05) is 55.1 Å². The van der Waals surface area contributed by atoms with Gasteiger partial charge in [0.25, 0.3) is 0 Å². The van der Waals surface area contributed by atoms with Crippen LogP contribution in [0.1, 0.15) is 12.0 Å². The van der Waals surface area contributed by atoms with E-state index in [0.717, 1.165) is 18.5 Å². The topological polar surface area (TPSA) is 38.3 Å². The zero-order valence-electron chi connectivity index (χ0n) is 12.4. The third-order valence-corrected chi connectivity index (χ3v) is 3.92. The molecule has 0 aromatic heterocycles. The number of nitrogens with one attached hydrogen (secondary N) is 1. The van der Waals surface area contributed by atoms with Gasteiger partial charge in [-0.25, -0.2) is 4.79 Å². The van der Waals surface area contributed by atoms with Crippen LogP contribution >= 0.6 is 0 Å². The van der Waals surface area contributed by atoms with Crippen molar-refractivity contribution in [1.29, 1.82) is 0 Å². The van der Waals surface area contributed by atoms with Gasteiger partial charge in [0.15, 0.2) is 0 Å². The van der Waals surface area contributed by atoms with Crippen LogP contribution in [-0.4, -0.2) is 18.1 Å². The minimum absolute atomic E-state index is 0.168. The van der Waals surface area contributed by atoms with E-state index in [-0.39, 0.29) is 18.1 Å². The molecule has 1 heterocycles. The molecule has 2 aromatic carbocycles. The molecule has 3 nitrogen and oxygen atoms in total. The van der Waals surface area contributed by atoms with Crippen LogP contribution in [0.15, 0.2) is 72.8 Å². The van der Waals surface area contributed by atoms with E-state index in [0.29, 0.717) is 5.57 Å². The van der Waals surface area contributed by atoms with E-state index in [4.69, 9.17) is 4.74 Å². The van der Waals surface area contributed by atoms with Gasteiger partial charge in [-0.15, -0.1) is 0 Å². The predicted molar refractivity (Wildman–Crippen MR) is 87.6 cm³/mol. The summed E-state index contributed by atoms with van der Waals surface area (Å²) < 4.78 is 5.48. The molecule has 0 aliphatic carbocycles. The molecule has 0 radical (unpaired) electrons. The fourth-order valence-corrected chi connectivity index (χ4v) is 2.71. The van der Waals surface area contributed by atoms with Crippen LogP contribution in [0, 0.1) is 0 Å². The Hall–Kier alpha value is -2.55. The monoisotopic (exact) mass is 293 g/mol. The number of rotatable bonds is 5. The lowest BCUT2D eigenvalue weighted by molar-refractivity contribution is -0.139. The maximum absolute atomic E-state index is 11.8. The summed E-state index contributed by atoms with van der Waals surface area (Å²) >= 11 is 0. The van der Waals surface area contributed by atoms with Crippen molar-refractivity contribution in [2.45, 2.75) is 25.0 Å². The summed E-state index contributed by atoms with van der Waals surface area (Å²) in [5.41, 5.74) is 2.72. The molecule has 3 rings (SSSR count). The van der Waals surface area contributed by atoms with Crippen molar-refractivity contribution in [3.05, 3.63) is 78.4 Å². The Morgan fingerprint density at radius 3 is 2.32 bits per heavy atom. The predicted octanol–water partition coefficient (Wildman–Crippen LogP) is 3.58. The fourth-order valence-electron chi connectivity index (χ4n) is 2.71. The quantitative estimate of drug-likeness (QED) is 0.676. The standard InChI is InChI=1S/C19H19NO2/c1-14-18(20-16-10-6-3-7-11-16)17(22-19(14)21)13-12-15-8-4-2-5-9-15/h2-11,17-18,20H,1,12-13H2/t17-,18-/m1/s1. The Morgan fingerprint density at radius 2 is 1.64 bits per heavy atom. The molecule has 1 aliphatic heterocycles. The molecule has 112 valence electrons. The van der Waals surface area contributed by atoms with Crippen molar-refractivity contribution in [2.24, 2.45) is 0 Å². The Balaban J connectivity index is 1.68. The molecule has 0 spiro atoms. The second-order valence-corrected chi connectivity index (χ2v) is 5.48. The first-order valence-electron chi connectivity index (χ1n) is 7.49. The summed E-state index contributed by atoms with van der Waals surface area (Å²) in [6.07, 6.45) is 1.47. The number of benzene rings is 2. The van der Waals surface area contributed by atoms with Gasteiger partial charge in [-0.3, -0.25) is 0 Å². The maximum atomic E-state index is 11.8. The minimum atomic E-state index is -0.300. The summed E-state index contributed by atoms with van der Waals surface area (Å²) in [6, 6.07) is 19.9. The number of hydrogen-bond donors (Lipinski definition) is 1. The number of ether oxygens (including phenoxy) is 1. The van der Waals surface area contributed by atoms with E-state index < -0.39 is 0 Å². The molecular formula is C19H19NO2. The van der Waals surface area contributed by atoms with Crippen molar-refractivity contribution < 1.29 is 9.53 Å². The first kappa shape index (κ1) is 14.4. The summed E-state index contributed by atoms with van der Waals surface area (Å²) in [6.45, 7) is 3.88. The van der Waals surface area contributed by atoms with Crippen molar-refractivity contribution in [2.75, 3.05) is 5.32 Å². The molecular weight excluding hydrogens is 274 g/mol. The lowest BCUT2D eigenvalue weighted by Gasteiger charge is -2.20. The van der Waals surface area contributed by atoms with E-state index in [1.807, 2.05) is 48.5 Å². The molecule has 1 fully saturated rings. The minimum Gasteiger partial charge on any atom is -0.456 e. The maximum Gasteiger partial charge on any atom is 0.336 e. The largest absolute Gasteiger partial charge is 0.456 e. The van der Waals surface area contributed by atoms with Gasteiger partial charge >= 0.3 is 5.97 Å². The highest BCUT2D eigenvalue weighted by Crippen LogP contribution is 2.26. The smallest absolute Gasteiger partial charge is 0.336 e. The first-order valence-corrected chi connectivity index (χ1v) is 7.49. The number of carbonyl (C=O) groups excluding carboxylic acids is 1. The molecule has 2 aromatic rings. The average Bonchev–Trinajstić information content (AvgIpc) is 2.83. The van der Waals surface area contributed by atoms with Gasteiger partial charge < -0.3 is 10.1 Å². The molecule has 2 atom stereocenters. The van der Waals surface area contributed by atoms with Crippen LogP contribution in [0.5, 0.6) is 0 Å². The van der Waals surface area contributed by atoms with Crippen LogP contribution in [0.2, 0.25) is 0 Å². The van der Waals surface area contributed by atoms with Crippen LogP contribution < -0.4 is 5.32 Å². The lowest BCUT2D eigenvalue weighted by Crippen LogP contribution is -2.30. The van der Waals surface area contributed by atoms with Gasteiger partial charge in [0.1, 0.15) is 6.10 Å². The lowest BCUT2D eigenvalue weighted by atomic mass is 9.99.